The molecular formula is C26H25N5O2S2. The minimum absolute atomic E-state index is 0.219. The molecule has 9 heteroatoms. The van der Waals surface area contributed by atoms with Gasteiger partial charge in [-0.05, 0) is 66.6 Å². The van der Waals surface area contributed by atoms with Crippen molar-refractivity contribution in [2.24, 2.45) is 5.10 Å². The van der Waals surface area contributed by atoms with Gasteiger partial charge in [-0.1, -0.05) is 65.9 Å². The first-order chi connectivity index (χ1) is 17.0. The van der Waals surface area contributed by atoms with Crippen molar-refractivity contribution in [3.05, 3.63) is 83.7 Å². The Balaban J connectivity index is 1.40. The van der Waals surface area contributed by atoms with Gasteiger partial charge in [0, 0.05) is 5.71 Å². The third-order valence-electron chi connectivity index (χ3n) is 6.69. The molecule has 1 fully saturated rings. The molecule has 0 unspecified atom stereocenters. The molecule has 0 amide bonds. The third kappa shape index (κ3) is 4.17. The van der Waals surface area contributed by atoms with Gasteiger partial charge in [-0.15, -0.1) is 10.2 Å². The third-order valence-corrected chi connectivity index (χ3v) is 9.41. The molecule has 178 valence electrons. The second kappa shape index (κ2) is 8.89. The highest BCUT2D eigenvalue weighted by Crippen LogP contribution is 2.53. The molecule has 2 atom stereocenters. The number of thioether (sulfide) groups is 1. The summed E-state index contributed by atoms with van der Waals surface area (Å²) in [6, 6.07) is 18.7. The Labute approximate surface area is 208 Å². The first-order valence-electron chi connectivity index (χ1n) is 11.7. The fraction of sp³-hybridized carbons (Fsp3) is 0.269. The molecule has 1 aromatic heterocycles. The summed E-state index contributed by atoms with van der Waals surface area (Å²) in [6.45, 7) is 1.94. The molecule has 0 spiro atoms. The molecule has 1 heterocycles. The Morgan fingerprint density at radius 1 is 1.00 bits per heavy atom. The van der Waals surface area contributed by atoms with Gasteiger partial charge in [0.25, 0.3) is 0 Å². The predicted molar refractivity (Wildman–Crippen MR) is 138 cm³/mol. The highest BCUT2D eigenvalue weighted by atomic mass is 32.2. The molecule has 0 aliphatic heterocycles. The number of hydrogen-bond donors (Lipinski definition) is 1. The van der Waals surface area contributed by atoms with Crippen LogP contribution in [-0.4, -0.2) is 29.0 Å². The summed E-state index contributed by atoms with van der Waals surface area (Å²) < 4.78 is 31.6. The van der Waals surface area contributed by atoms with Crippen molar-refractivity contribution < 1.29 is 8.42 Å². The molecule has 0 radical (unpaired) electrons. The molecule has 0 bridgehead atoms. The fourth-order valence-corrected chi connectivity index (χ4v) is 7.47. The zero-order chi connectivity index (χ0) is 24.0. The molecule has 1 saturated carbocycles. The molecule has 2 aliphatic carbocycles. The maximum atomic E-state index is 13.4. The molecule has 35 heavy (non-hydrogen) atoms. The van der Waals surface area contributed by atoms with Gasteiger partial charge in [-0.25, -0.2) is 13.1 Å². The smallest absolute Gasteiger partial charge is 0.207 e. The number of aromatic nitrogens is 3. The number of nitrogens with zero attached hydrogens (tertiary/aromatic N) is 4. The van der Waals surface area contributed by atoms with Crippen LogP contribution in [-0.2, 0) is 10.0 Å². The normalized spacial score (nSPS) is 19.5. The number of benzene rings is 3. The van der Waals surface area contributed by atoms with E-state index in [1.165, 1.54) is 11.8 Å². The largest absolute Gasteiger partial charge is 0.241 e. The molecule has 0 saturated heterocycles. The minimum Gasteiger partial charge on any atom is -0.207 e. The van der Waals surface area contributed by atoms with E-state index in [1.54, 1.807) is 23.1 Å². The SMILES string of the molecule is Cc1ccc(S(=O)(=O)N[C@H]2c3cccc4cccc(c34)[C@H]2Sc2nncn2N=C2CCCC2)cc1. The Morgan fingerprint density at radius 3 is 2.46 bits per heavy atom. The van der Waals surface area contributed by atoms with Crippen LogP contribution < -0.4 is 4.72 Å². The van der Waals surface area contributed by atoms with E-state index in [0.29, 0.717) is 5.16 Å². The average Bonchev–Trinajstić information content (AvgIpc) is 3.59. The number of nitrogens with one attached hydrogen (secondary N) is 1. The Bertz CT molecular complexity index is 1530. The van der Waals surface area contributed by atoms with E-state index in [9.17, 15) is 8.42 Å². The molecule has 1 N–H and O–H groups in total. The first kappa shape index (κ1) is 22.5. The van der Waals surface area contributed by atoms with Gasteiger partial charge in [-0.2, -0.15) is 9.78 Å². The Morgan fingerprint density at radius 2 is 1.71 bits per heavy atom. The number of sulfonamides is 1. The fourth-order valence-electron chi connectivity index (χ4n) is 4.96. The zero-order valence-electron chi connectivity index (χ0n) is 19.3. The van der Waals surface area contributed by atoms with Crippen molar-refractivity contribution >= 4 is 38.3 Å². The van der Waals surface area contributed by atoms with Crippen LogP contribution in [0, 0.1) is 6.92 Å². The van der Waals surface area contributed by atoms with Gasteiger partial charge in [0.15, 0.2) is 0 Å². The topological polar surface area (TPSA) is 89.2 Å². The lowest BCUT2D eigenvalue weighted by molar-refractivity contribution is 0.557. The van der Waals surface area contributed by atoms with E-state index in [4.69, 9.17) is 5.10 Å². The first-order valence-corrected chi connectivity index (χ1v) is 14.1. The highest BCUT2D eigenvalue weighted by Gasteiger charge is 2.38. The Kier molecular flexibility index (Phi) is 5.70. The molecule has 2 aliphatic rings. The van der Waals surface area contributed by atoms with Crippen molar-refractivity contribution in [3.8, 4) is 0 Å². The molecule has 6 rings (SSSR count). The van der Waals surface area contributed by atoms with Crippen LogP contribution in [0.15, 0.2) is 82.1 Å². The monoisotopic (exact) mass is 503 g/mol. The van der Waals surface area contributed by atoms with Crippen molar-refractivity contribution in [1.29, 1.82) is 0 Å². The van der Waals surface area contributed by atoms with E-state index in [1.807, 2.05) is 37.3 Å². The molecule has 7 nitrogen and oxygen atoms in total. The van der Waals surface area contributed by atoms with Crippen molar-refractivity contribution in [3.63, 3.8) is 0 Å². The molecular weight excluding hydrogens is 478 g/mol. The van der Waals surface area contributed by atoms with E-state index >= 15 is 0 Å². The van der Waals surface area contributed by atoms with Crippen LogP contribution in [0.25, 0.3) is 10.8 Å². The van der Waals surface area contributed by atoms with Crippen LogP contribution in [0.1, 0.15) is 53.7 Å². The van der Waals surface area contributed by atoms with Crippen LogP contribution in [0.2, 0.25) is 0 Å². The van der Waals surface area contributed by atoms with Gasteiger partial charge in [0.1, 0.15) is 6.33 Å². The lowest BCUT2D eigenvalue weighted by Crippen LogP contribution is -2.30. The standard InChI is InChI=1S/C26H25N5O2S2/c1-17-12-14-20(15-13-17)35(32,33)30-24-21-10-4-6-18-7-5-11-22(23(18)21)25(24)34-26-28-27-16-31(26)29-19-8-2-3-9-19/h4-7,10-16,24-25,30H,2-3,8-9H2,1H3/t24-,25+/m0/s1. The maximum Gasteiger partial charge on any atom is 0.241 e. The zero-order valence-corrected chi connectivity index (χ0v) is 20.9. The second-order valence-corrected chi connectivity index (χ2v) is 11.9. The van der Waals surface area contributed by atoms with E-state index < -0.39 is 16.1 Å². The van der Waals surface area contributed by atoms with Crippen molar-refractivity contribution in [2.75, 3.05) is 0 Å². The van der Waals surface area contributed by atoms with Crippen molar-refractivity contribution in [2.45, 2.75) is 54.0 Å². The predicted octanol–water partition coefficient (Wildman–Crippen LogP) is 5.38. The van der Waals surface area contributed by atoms with E-state index in [-0.39, 0.29) is 10.1 Å². The lowest BCUT2D eigenvalue weighted by atomic mass is 10.1. The quantitative estimate of drug-likeness (QED) is 0.381. The second-order valence-electron chi connectivity index (χ2n) is 9.07. The van der Waals surface area contributed by atoms with Gasteiger partial charge in [0.05, 0.1) is 16.2 Å². The van der Waals surface area contributed by atoms with Gasteiger partial charge in [0.2, 0.25) is 15.2 Å². The van der Waals surface area contributed by atoms with Gasteiger partial charge < -0.3 is 0 Å². The lowest BCUT2D eigenvalue weighted by Gasteiger charge is -2.22. The summed E-state index contributed by atoms with van der Waals surface area (Å²) in [6.07, 6.45) is 5.94. The minimum atomic E-state index is -3.75. The van der Waals surface area contributed by atoms with Gasteiger partial charge >= 0.3 is 0 Å². The summed E-state index contributed by atoms with van der Waals surface area (Å²) in [4.78, 5) is 0.255. The summed E-state index contributed by atoms with van der Waals surface area (Å²) in [5.74, 6) is 0. The van der Waals surface area contributed by atoms with E-state index in [2.05, 4.69) is 33.1 Å². The summed E-state index contributed by atoms with van der Waals surface area (Å²) in [5, 5.41) is 15.8. The van der Waals surface area contributed by atoms with Gasteiger partial charge in [-0.3, -0.25) is 0 Å². The van der Waals surface area contributed by atoms with Crippen LogP contribution in [0.5, 0.6) is 0 Å². The van der Waals surface area contributed by atoms with Crippen LogP contribution in [0.4, 0.5) is 0 Å². The summed E-state index contributed by atoms with van der Waals surface area (Å²) in [5.41, 5.74) is 4.22. The average molecular weight is 504 g/mol. The Hall–Kier alpha value is -3.01. The maximum absolute atomic E-state index is 13.4. The highest BCUT2D eigenvalue weighted by molar-refractivity contribution is 7.99. The summed E-state index contributed by atoms with van der Waals surface area (Å²) >= 11 is 1.50. The van der Waals surface area contributed by atoms with Crippen LogP contribution in [0.3, 0.4) is 0 Å². The number of rotatable bonds is 6. The van der Waals surface area contributed by atoms with E-state index in [0.717, 1.165) is 58.9 Å². The van der Waals surface area contributed by atoms with Crippen molar-refractivity contribution in [1.82, 2.24) is 19.6 Å². The molecule has 3 aromatic carbocycles. The number of hydrogen-bond acceptors (Lipinski definition) is 6. The summed E-state index contributed by atoms with van der Waals surface area (Å²) in [7, 11) is -3.75. The molecule has 4 aromatic rings. The number of aryl methyl sites for hydroxylation is 1. The van der Waals surface area contributed by atoms with Crippen LogP contribution >= 0.6 is 11.8 Å².